The number of primary amides is 1. The Morgan fingerprint density at radius 3 is 2.80 bits per heavy atom. The molecule has 0 aliphatic carbocycles. The number of amides is 1. The zero-order valence-electron chi connectivity index (χ0n) is 11.9. The molecule has 1 atom stereocenters. The topological polar surface area (TPSA) is 110 Å². The van der Waals surface area contributed by atoms with Gasteiger partial charge in [0, 0.05) is 30.8 Å². The molecule has 1 aromatic heterocycles. The molecule has 1 aliphatic heterocycles. The monoisotopic (exact) mass is 281 g/mol. The average molecular weight is 281 g/mol. The Morgan fingerprint density at radius 2 is 2.20 bits per heavy atom. The summed E-state index contributed by atoms with van der Waals surface area (Å²) in [6, 6.07) is 0. The predicted octanol–water partition coefficient (Wildman–Crippen LogP) is -0.379. The van der Waals surface area contributed by atoms with E-state index in [4.69, 9.17) is 16.2 Å². The Bertz CT molecular complexity index is 454. The second kappa shape index (κ2) is 6.83. The van der Waals surface area contributed by atoms with Gasteiger partial charge in [0.25, 0.3) is 5.91 Å². The van der Waals surface area contributed by atoms with Crippen LogP contribution in [-0.4, -0.2) is 53.5 Å². The molecule has 7 nitrogen and oxygen atoms in total. The normalized spacial score (nSPS) is 18.1. The highest BCUT2D eigenvalue weighted by Gasteiger charge is 2.23. The summed E-state index contributed by atoms with van der Waals surface area (Å²) >= 11 is 0. The van der Waals surface area contributed by atoms with Crippen LogP contribution in [-0.2, 0) is 17.6 Å². The highest BCUT2D eigenvalue weighted by Crippen LogP contribution is 2.16. The van der Waals surface area contributed by atoms with Crippen molar-refractivity contribution in [3.63, 3.8) is 0 Å². The van der Waals surface area contributed by atoms with E-state index in [9.17, 15) is 4.79 Å². The lowest BCUT2D eigenvalue weighted by atomic mass is 10.0. The van der Waals surface area contributed by atoms with Crippen LogP contribution in [0.4, 0.5) is 0 Å². The highest BCUT2D eigenvalue weighted by molar-refractivity contribution is 5.92. The SMILES string of the molecule is CCCc1[nH]nc(C(N)=O)c1CC(N)N1CCOCC1. The summed E-state index contributed by atoms with van der Waals surface area (Å²) in [7, 11) is 0. The molecular weight excluding hydrogens is 258 g/mol. The van der Waals surface area contributed by atoms with Crippen molar-refractivity contribution in [2.45, 2.75) is 32.4 Å². The van der Waals surface area contributed by atoms with Gasteiger partial charge in [-0.3, -0.25) is 14.8 Å². The standard InChI is InChI=1S/C13H23N5O2/c1-2-3-10-9(12(13(15)19)17-16-10)8-11(14)18-4-6-20-7-5-18/h11H,2-8,14H2,1H3,(H2,15,19)(H,16,17). The third-order valence-corrected chi connectivity index (χ3v) is 3.61. The van der Waals surface area contributed by atoms with E-state index >= 15 is 0 Å². The fraction of sp³-hybridized carbons (Fsp3) is 0.692. The van der Waals surface area contributed by atoms with Gasteiger partial charge in [0.15, 0.2) is 5.69 Å². The fourth-order valence-electron chi connectivity index (χ4n) is 2.53. The van der Waals surface area contributed by atoms with Gasteiger partial charge in [0.1, 0.15) is 0 Å². The molecule has 1 unspecified atom stereocenters. The first-order valence-electron chi connectivity index (χ1n) is 7.06. The predicted molar refractivity (Wildman–Crippen MR) is 75.2 cm³/mol. The maximum Gasteiger partial charge on any atom is 0.269 e. The van der Waals surface area contributed by atoms with Crippen molar-refractivity contribution < 1.29 is 9.53 Å². The second-order valence-electron chi connectivity index (χ2n) is 5.06. The van der Waals surface area contributed by atoms with E-state index in [2.05, 4.69) is 22.0 Å². The molecule has 1 saturated heterocycles. The minimum Gasteiger partial charge on any atom is -0.379 e. The Hall–Kier alpha value is -1.44. The first kappa shape index (κ1) is 15.0. The van der Waals surface area contributed by atoms with Crippen LogP contribution in [0.2, 0.25) is 0 Å². The lowest BCUT2D eigenvalue weighted by molar-refractivity contribution is 0.0178. The maximum atomic E-state index is 11.5. The smallest absolute Gasteiger partial charge is 0.269 e. The number of carbonyl (C=O) groups excluding carboxylic acids is 1. The number of morpholine rings is 1. The quantitative estimate of drug-likeness (QED) is 0.658. The Kier molecular flexibility index (Phi) is 5.11. The average Bonchev–Trinajstić information content (AvgIpc) is 2.83. The minimum atomic E-state index is -0.507. The van der Waals surface area contributed by atoms with Crippen molar-refractivity contribution in [2.75, 3.05) is 26.3 Å². The molecule has 2 heterocycles. The summed E-state index contributed by atoms with van der Waals surface area (Å²) in [5.41, 5.74) is 13.8. The van der Waals surface area contributed by atoms with Gasteiger partial charge in [-0.2, -0.15) is 5.10 Å². The maximum absolute atomic E-state index is 11.5. The molecule has 1 aliphatic rings. The van der Waals surface area contributed by atoms with Gasteiger partial charge >= 0.3 is 0 Å². The van der Waals surface area contributed by atoms with Gasteiger partial charge in [0.2, 0.25) is 0 Å². The third-order valence-electron chi connectivity index (χ3n) is 3.61. The number of nitrogens with zero attached hydrogens (tertiary/aromatic N) is 2. The van der Waals surface area contributed by atoms with E-state index < -0.39 is 5.91 Å². The molecule has 1 fully saturated rings. The molecule has 2 rings (SSSR count). The van der Waals surface area contributed by atoms with Crippen molar-refractivity contribution in [3.8, 4) is 0 Å². The zero-order chi connectivity index (χ0) is 14.5. The van der Waals surface area contributed by atoms with Crippen molar-refractivity contribution in [2.24, 2.45) is 11.5 Å². The number of nitrogens with two attached hydrogens (primary N) is 2. The van der Waals surface area contributed by atoms with Gasteiger partial charge in [-0.15, -0.1) is 0 Å². The van der Waals surface area contributed by atoms with Crippen molar-refractivity contribution >= 4 is 5.91 Å². The van der Waals surface area contributed by atoms with Gasteiger partial charge in [-0.1, -0.05) is 13.3 Å². The summed E-state index contributed by atoms with van der Waals surface area (Å²) in [5, 5.41) is 6.95. The first-order chi connectivity index (χ1) is 9.63. The number of H-pyrrole nitrogens is 1. The van der Waals surface area contributed by atoms with Gasteiger partial charge in [-0.05, 0) is 6.42 Å². The number of rotatable bonds is 6. The Morgan fingerprint density at radius 1 is 1.50 bits per heavy atom. The van der Waals surface area contributed by atoms with Crippen molar-refractivity contribution in [1.82, 2.24) is 15.1 Å². The van der Waals surface area contributed by atoms with E-state index in [1.165, 1.54) is 0 Å². The van der Waals surface area contributed by atoms with E-state index in [0.717, 1.165) is 37.2 Å². The Balaban J connectivity index is 2.13. The van der Waals surface area contributed by atoms with Crippen molar-refractivity contribution in [3.05, 3.63) is 17.0 Å². The molecule has 0 saturated carbocycles. The molecule has 1 amide bonds. The summed E-state index contributed by atoms with van der Waals surface area (Å²) in [6.07, 6.45) is 2.24. The summed E-state index contributed by atoms with van der Waals surface area (Å²) < 4.78 is 5.32. The molecule has 0 spiro atoms. The van der Waals surface area contributed by atoms with Crippen LogP contribution in [0.25, 0.3) is 0 Å². The number of nitrogens with one attached hydrogen (secondary N) is 1. The molecule has 112 valence electrons. The van der Waals surface area contributed by atoms with Gasteiger partial charge in [0.05, 0.1) is 19.4 Å². The zero-order valence-corrected chi connectivity index (χ0v) is 11.9. The molecular formula is C13H23N5O2. The van der Waals surface area contributed by atoms with Crippen LogP contribution in [0.15, 0.2) is 0 Å². The summed E-state index contributed by atoms with van der Waals surface area (Å²) in [5.74, 6) is -0.507. The van der Waals surface area contributed by atoms with E-state index in [1.54, 1.807) is 0 Å². The molecule has 0 bridgehead atoms. The first-order valence-corrected chi connectivity index (χ1v) is 7.06. The number of ether oxygens (including phenoxy) is 1. The van der Waals surface area contributed by atoms with Crippen LogP contribution < -0.4 is 11.5 Å². The molecule has 5 N–H and O–H groups in total. The van der Waals surface area contributed by atoms with Crippen molar-refractivity contribution in [1.29, 1.82) is 0 Å². The molecule has 7 heteroatoms. The lowest BCUT2D eigenvalue weighted by Crippen LogP contribution is -2.49. The Labute approximate surface area is 118 Å². The van der Waals surface area contributed by atoms with Gasteiger partial charge in [-0.25, -0.2) is 0 Å². The molecule has 1 aromatic rings. The molecule has 0 radical (unpaired) electrons. The lowest BCUT2D eigenvalue weighted by Gasteiger charge is -2.32. The van der Waals surface area contributed by atoms with E-state index in [-0.39, 0.29) is 6.17 Å². The van der Waals surface area contributed by atoms with Crippen LogP contribution in [0.1, 0.15) is 35.1 Å². The minimum absolute atomic E-state index is 0.148. The summed E-state index contributed by atoms with van der Waals surface area (Å²) in [4.78, 5) is 13.6. The number of aromatic nitrogens is 2. The van der Waals surface area contributed by atoms with E-state index in [1.807, 2.05) is 0 Å². The molecule has 20 heavy (non-hydrogen) atoms. The van der Waals surface area contributed by atoms with E-state index in [0.29, 0.717) is 25.3 Å². The van der Waals surface area contributed by atoms with Crippen LogP contribution in [0.3, 0.4) is 0 Å². The molecule has 0 aromatic carbocycles. The highest BCUT2D eigenvalue weighted by atomic mass is 16.5. The third kappa shape index (κ3) is 3.36. The number of carbonyl (C=O) groups is 1. The van der Waals surface area contributed by atoms with Crippen LogP contribution >= 0.6 is 0 Å². The fourth-order valence-corrected chi connectivity index (χ4v) is 2.53. The summed E-state index contributed by atoms with van der Waals surface area (Å²) in [6.45, 7) is 5.10. The number of aromatic amines is 1. The number of hydrogen-bond acceptors (Lipinski definition) is 5. The second-order valence-corrected chi connectivity index (χ2v) is 5.06. The van der Waals surface area contributed by atoms with Gasteiger partial charge < -0.3 is 16.2 Å². The number of hydrogen-bond donors (Lipinski definition) is 3. The largest absolute Gasteiger partial charge is 0.379 e. The number of aryl methyl sites for hydroxylation is 1. The van der Waals surface area contributed by atoms with Crippen LogP contribution in [0.5, 0.6) is 0 Å². The van der Waals surface area contributed by atoms with Crippen LogP contribution in [0, 0.1) is 0 Å².